The molecule has 0 spiro atoms. The first-order valence-corrected chi connectivity index (χ1v) is 6.33. The zero-order valence-electron chi connectivity index (χ0n) is 9.04. The lowest BCUT2D eigenvalue weighted by Crippen LogP contribution is -2.27. The van der Waals surface area contributed by atoms with Crippen LogP contribution in [0.2, 0.25) is 0 Å². The number of hydrogen-bond acceptors (Lipinski definition) is 2. The third kappa shape index (κ3) is 2.46. The van der Waals surface area contributed by atoms with E-state index in [0.717, 1.165) is 22.7 Å². The molecular formula is C12H17BrN2. The van der Waals surface area contributed by atoms with Gasteiger partial charge in [-0.15, -0.1) is 0 Å². The molecule has 15 heavy (non-hydrogen) atoms. The van der Waals surface area contributed by atoms with Crippen molar-refractivity contribution in [2.45, 2.75) is 32.2 Å². The molecule has 0 saturated heterocycles. The van der Waals surface area contributed by atoms with Crippen LogP contribution in [-0.4, -0.2) is 12.6 Å². The number of benzene rings is 1. The van der Waals surface area contributed by atoms with Gasteiger partial charge in [-0.2, -0.15) is 0 Å². The van der Waals surface area contributed by atoms with Crippen LogP contribution in [-0.2, 0) is 0 Å². The van der Waals surface area contributed by atoms with E-state index in [1.165, 1.54) is 24.9 Å². The minimum Gasteiger partial charge on any atom is -0.397 e. The van der Waals surface area contributed by atoms with Gasteiger partial charge in [0.2, 0.25) is 0 Å². The molecular weight excluding hydrogens is 252 g/mol. The van der Waals surface area contributed by atoms with E-state index in [0.29, 0.717) is 0 Å². The fourth-order valence-electron chi connectivity index (χ4n) is 1.91. The summed E-state index contributed by atoms with van der Waals surface area (Å²) in [7, 11) is 0. The summed E-state index contributed by atoms with van der Waals surface area (Å²) in [6.45, 7) is 3.32. The van der Waals surface area contributed by atoms with Gasteiger partial charge in [0.15, 0.2) is 0 Å². The number of nitrogen functional groups attached to an aromatic ring is 1. The molecule has 1 aliphatic rings. The van der Waals surface area contributed by atoms with Crippen LogP contribution in [0.5, 0.6) is 0 Å². The normalized spacial score (nSPS) is 15.3. The Morgan fingerprint density at radius 2 is 2.20 bits per heavy atom. The SMILES string of the molecule is CCCN(c1ccc(Br)cc1N)C1CC1. The first kappa shape index (κ1) is 10.8. The Morgan fingerprint density at radius 1 is 1.47 bits per heavy atom. The monoisotopic (exact) mass is 268 g/mol. The highest BCUT2D eigenvalue weighted by Crippen LogP contribution is 2.35. The van der Waals surface area contributed by atoms with Crippen molar-refractivity contribution in [2.75, 3.05) is 17.2 Å². The molecule has 82 valence electrons. The van der Waals surface area contributed by atoms with Crippen LogP contribution in [0.4, 0.5) is 11.4 Å². The molecule has 0 radical (unpaired) electrons. The Hall–Kier alpha value is -0.700. The van der Waals surface area contributed by atoms with Crippen molar-refractivity contribution in [2.24, 2.45) is 0 Å². The summed E-state index contributed by atoms with van der Waals surface area (Å²) in [4.78, 5) is 2.45. The molecule has 0 heterocycles. The van der Waals surface area contributed by atoms with Crippen LogP contribution in [0.3, 0.4) is 0 Å². The lowest BCUT2D eigenvalue weighted by molar-refractivity contribution is 0.764. The van der Waals surface area contributed by atoms with Gasteiger partial charge >= 0.3 is 0 Å². The molecule has 2 rings (SSSR count). The van der Waals surface area contributed by atoms with E-state index >= 15 is 0 Å². The smallest absolute Gasteiger partial charge is 0.0603 e. The molecule has 1 saturated carbocycles. The van der Waals surface area contributed by atoms with E-state index in [2.05, 4.69) is 39.9 Å². The van der Waals surface area contributed by atoms with Crippen LogP contribution >= 0.6 is 15.9 Å². The van der Waals surface area contributed by atoms with E-state index in [4.69, 9.17) is 5.73 Å². The van der Waals surface area contributed by atoms with Crippen molar-refractivity contribution in [3.8, 4) is 0 Å². The molecule has 0 aromatic heterocycles. The van der Waals surface area contributed by atoms with Crippen LogP contribution in [0.25, 0.3) is 0 Å². The van der Waals surface area contributed by atoms with E-state index < -0.39 is 0 Å². The number of nitrogens with zero attached hydrogens (tertiary/aromatic N) is 1. The van der Waals surface area contributed by atoms with Gasteiger partial charge < -0.3 is 10.6 Å². The summed E-state index contributed by atoms with van der Waals surface area (Å²) in [6.07, 6.45) is 3.80. The maximum atomic E-state index is 6.05. The summed E-state index contributed by atoms with van der Waals surface area (Å²) in [5.74, 6) is 0. The molecule has 0 amide bonds. The molecule has 0 atom stereocenters. The Bertz CT molecular complexity index is 347. The average molecular weight is 269 g/mol. The highest BCUT2D eigenvalue weighted by molar-refractivity contribution is 9.10. The van der Waals surface area contributed by atoms with Gasteiger partial charge in [-0.05, 0) is 37.5 Å². The number of anilines is 2. The highest BCUT2D eigenvalue weighted by Gasteiger charge is 2.29. The molecule has 0 unspecified atom stereocenters. The van der Waals surface area contributed by atoms with Gasteiger partial charge in [-0.3, -0.25) is 0 Å². The summed E-state index contributed by atoms with van der Waals surface area (Å²) in [6, 6.07) is 6.90. The molecule has 0 bridgehead atoms. The van der Waals surface area contributed by atoms with Crippen LogP contribution in [0.1, 0.15) is 26.2 Å². The summed E-state index contributed by atoms with van der Waals surface area (Å²) in [5.41, 5.74) is 8.12. The molecule has 2 nitrogen and oxygen atoms in total. The topological polar surface area (TPSA) is 29.3 Å². The number of halogens is 1. The lowest BCUT2D eigenvalue weighted by atomic mass is 10.2. The standard InChI is InChI=1S/C12H17BrN2/c1-2-7-15(10-4-5-10)12-6-3-9(13)8-11(12)14/h3,6,8,10H,2,4-5,7,14H2,1H3. The first-order valence-electron chi connectivity index (χ1n) is 5.54. The number of hydrogen-bond donors (Lipinski definition) is 1. The predicted molar refractivity (Wildman–Crippen MR) is 69.2 cm³/mol. The van der Waals surface area contributed by atoms with Crippen molar-refractivity contribution in [3.05, 3.63) is 22.7 Å². The van der Waals surface area contributed by atoms with Crippen LogP contribution in [0.15, 0.2) is 22.7 Å². The maximum absolute atomic E-state index is 6.05. The van der Waals surface area contributed by atoms with Gasteiger partial charge in [0.05, 0.1) is 11.4 Å². The summed E-state index contributed by atoms with van der Waals surface area (Å²) < 4.78 is 1.05. The second kappa shape index (κ2) is 4.44. The quantitative estimate of drug-likeness (QED) is 0.849. The van der Waals surface area contributed by atoms with E-state index in [9.17, 15) is 0 Å². The zero-order valence-corrected chi connectivity index (χ0v) is 10.6. The van der Waals surface area contributed by atoms with E-state index in [-0.39, 0.29) is 0 Å². The van der Waals surface area contributed by atoms with Gasteiger partial charge in [-0.1, -0.05) is 22.9 Å². The van der Waals surface area contributed by atoms with Crippen molar-refractivity contribution < 1.29 is 0 Å². The third-order valence-corrected chi connectivity index (χ3v) is 3.24. The summed E-state index contributed by atoms with van der Waals surface area (Å²) >= 11 is 3.44. The highest BCUT2D eigenvalue weighted by atomic mass is 79.9. The molecule has 1 aromatic rings. The van der Waals surface area contributed by atoms with Crippen LogP contribution < -0.4 is 10.6 Å². The van der Waals surface area contributed by atoms with E-state index in [1.54, 1.807) is 0 Å². The predicted octanol–water partition coefficient (Wildman–Crippen LogP) is 3.41. The second-order valence-electron chi connectivity index (χ2n) is 4.13. The van der Waals surface area contributed by atoms with Gasteiger partial charge in [0, 0.05) is 17.1 Å². The van der Waals surface area contributed by atoms with E-state index in [1.807, 2.05) is 6.07 Å². The fraction of sp³-hybridized carbons (Fsp3) is 0.500. The molecule has 3 heteroatoms. The average Bonchev–Trinajstić information content (AvgIpc) is 2.98. The Kier molecular flexibility index (Phi) is 3.19. The Balaban J connectivity index is 2.24. The van der Waals surface area contributed by atoms with Gasteiger partial charge in [-0.25, -0.2) is 0 Å². The lowest BCUT2D eigenvalue weighted by Gasteiger charge is -2.25. The second-order valence-corrected chi connectivity index (χ2v) is 5.04. The van der Waals surface area contributed by atoms with Crippen molar-refractivity contribution in [1.29, 1.82) is 0 Å². The third-order valence-electron chi connectivity index (χ3n) is 2.75. The molecule has 1 aliphatic carbocycles. The van der Waals surface area contributed by atoms with Crippen molar-refractivity contribution in [1.82, 2.24) is 0 Å². The van der Waals surface area contributed by atoms with Gasteiger partial charge in [0.1, 0.15) is 0 Å². The Morgan fingerprint density at radius 3 is 2.73 bits per heavy atom. The zero-order chi connectivity index (χ0) is 10.8. The minimum absolute atomic E-state index is 0.730. The number of rotatable bonds is 4. The molecule has 0 aliphatic heterocycles. The van der Waals surface area contributed by atoms with Crippen molar-refractivity contribution >= 4 is 27.3 Å². The van der Waals surface area contributed by atoms with Gasteiger partial charge in [0.25, 0.3) is 0 Å². The molecule has 1 fully saturated rings. The van der Waals surface area contributed by atoms with Crippen molar-refractivity contribution in [3.63, 3.8) is 0 Å². The minimum atomic E-state index is 0.730. The summed E-state index contributed by atoms with van der Waals surface area (Å²) in [5, 5.41) is 0. The first-order chi connectivity index (χ1) is 7.22. The molecule has 2 N–H and O–H groups in total. The number of nitrogens with two attached hydrogens (primary N) is 1. The molecule has 1 aromatic carbocycles. The fourth-order valence-corrected chi connectivity index (χ4v) is 2.29. The maximum Gasteiger partial charge on any atom is 0.0603 e. The Labute approximate surface area is 99.6 Å². The van der Waals surface area contributed by atoms with Crippen LogP contribution in [0, 0.1) is 0 Å². The largest absolute Gasteiger partial charge is 0.397 e.